The van der Waals surface area contributed by atoms with Crippen LogP contribution in [0.2, 0.25) is 0 Å². The maximum absolute atomic E-state index is 5.97. The van der Waals surface area contributed by atoms with E-state index in [0.717, 1.165) is 6.54 Å². The predicted octanol–water partition coefficient (Wildman–Crippen LogP) is 2.42. The molecule has 1 saturated heterocycles. The average Bonchev–Trinajstić information content (AvgIpc) is 2.78. The first-order chi connectivity index (χ1) is 7.68. The minimum atomic E-state index is 0.327. The average molecular weight is 218 g/mol. The van der Waals surface area contributed by atoms with E-state index in [0.29, 0.717) is 18.0 Å². The molecule has 0 bridgehead atoms. The highest BCUT2D eigenvalue weighted by Crippen LogP contribution is 2.28. The van der Waals surface area contributed by atoms with Crippen LogP contribution in [-0.2, 0) is 0 Å². The monoisotopic (exact) mass is 218 g/mol. The number of hydrogen-bond acceptors (Lipinski definition) is 2. The van der Waals surface area contributed by atoms with Crippen molar-refractivity contribution in [1.29, 1.82) is 0 Å². The third-order valence-electron chi connectivity index (χ3n) is 3.83. The molecule has 1 aromatic carbocycles. The molecule has 0 unspecified atom stereocenters. The van der Waals surface area contributed by atoms with Gasteiger partial charge in [0.2, 0.25) is 0 Å². The third kappa shape index (κ3) is 2.45. The summed E-state index contributed by atoms with van der Waals surface area (Å²) < 4.78 is 0. The minimum absolute atomic E-state index is 0.327. The molecule has 1 fully saturated rings. The first-order valence-corrected chi connectivity index (χ1v) is 6.23. The van der Waals surface area contributed by atoms with Crippen molar-refractivity contribution < 1.29 is 0 Å². The van der Waals surface area contributed by atoms with Crippen LogP contribution in [0.3, 0.4) is 0 Å². The van der Waals surface area contributed by atoms with E-state index in [1.807, 2.05) is 0 Å². The van der Waals surface area contributed by atoms with E-state index < -0.39 is 0 Å². The van der Waals surface area contributed by atoms with Gasteiger partial charge in [0.05, 0.1) is 0 Å². The fourth-order valence-electron chi connectivity index (χ4n) is 2.54. The van der Waals surface area contributed by atoms with E-state index >= 15 is 0 Å². The standard InChI is InChI=1S/C14H22N2/c1-11(15)14-8-9-16(10-14)12(2)13-6-4-3-5-7-13/h3-7,11-12,14H,8-10,15H2,1-2H3/t11-,12+,14+/m0/s1. The number of likely N-dealkylation sites (tertiary alicyclic amines) is 1. The molecule has 0 spiro atoms. The summed E-state index contributed by atoms with van der Waals surface area (Å²) in [5, 5.41) is 0. The smallest absolute Gasteiger partial charge is 0.0320 e. The van der Waals surface area contributed by atoms with Crippen LogP contribution < -0.4 is 5.73 Å². The molecule has 2 heteroatoms. The summed E-state index contributed by atoms with van der Waals surface area (Å²) in [6.07, 6.45) is 1.24. The molecule has 2 N–H and O–H groups in total. The maximum atomic E-state index is 5.97. The van der Waals surface area contributed by atoms with Crippen LogP contribution in [0.15, 0.2) is 30.3 Å². The largest absolute Gasteiger partial charge is 0.328 e. The second kappa shape index (κ2) is 4.98. The van der Waals surface area contributed by atoms with Crippen LogP contribution >= 0.6 is 0 Å². The topological polar surface area (TPSA) is 29.3 Å². The van der Waals surface area contributed by atoms with Gasteiger partial charge in [-0.3, -0.25) is 4.90 Å². The number of benzene rings is 1. The molecule has 16 heavy (non-hydrogen) atoms. The SMILES string of the molecule is C[C@H](N)[C@@H]1CCN([C@H](C)c2ccccc2)C1. The molecule has 0 radical (unpaired) electrons. The molecule has 88 valence electrons. The van der Waals surface area contributed by atoms with E-state index in [4.69, 9.17) is 5.73 Å². The fraction of sp³-hybridized carbons (Fsp3) is 0.571. The predicted molar refractivity (Wildman–Crippen MR) is 68.2 cm³/mol. The van der Waals surface area contributed by atoms with Gasteiger partial charge in [-0.15, -0.1) is 0 Å². The molecule has 0 aliphatic carbocycles. The fourth-order valence-corrected chi connectivity index (χ4v) is 2.54. The van der Waals surface area contributed by atoms with Gasteiger partial charge < -0.3 is 5.73 Å². The lowest BCUT2D eigenvalue weighted by Crippen LogP contribution is -2.30. The van der Waals surface area contributed by atoms with Crippen LogP contribution in [0.1, 0.15) is 31.9 Å². The summed E-state index contributed by atoms with van der Waals surface area (Å²) in [6, 6.07) is 11.6. The Morgan fingerprint density at radius 3 is 2.50 bits per heavy atom. The molecule has 0 amide bonds. The van der Waals surface area contributed by atoms with Gasteiger partial charge in [0, 0.05) is 18.6 Å². The van der Waals surface area contributed by atoms with Crippen molar-refractivity contribution in [2.45, 2.75) is 32.4 Å². The van der Waals surface area contributed by atoms with Crippen molar-refractivity contribution in [2.75, 3.05) is 13.1 Å². The van der Waals surface area contributed by atoms with E-state index in [1.54, 1.807) is 0 Å². The summed E-state index contributed by atoms with van der Waals surface area (Å²) in [7, 11) is 0. The molecular weight excluding hydrogens is 196 g/mol. The highest BCUT2D eigenvalue weighted by atomic mass is 15.2. The highest BCUT2D eigenvalue weighted by Gasteiger charge is 2.28. The van der Waals surface area contributed by atoms with Crippen molar-refractivity contribution in [3.63, 3.8) is 0 Å². The molecule has 1 heterocycles. The zero-order valence-corrected chi connectivity index (χ0v) is 10.3. The zero-order valence-electron chi connectivity index (χ0n) is 10.3. The molecule has 1 aliphatic heterocycles. The Balaban J connectivity index is 2.00. The zero-order chi connectivity index (χ0) is 11.5. The Labute approximate surface area is 98.4 Å². The number of nitrogens with two attached hydrogens (primary N) is 1. The van der Waals surface area contributed by atoms with Crippen LogP contribution in [0.4, 0.5) is 0 Å². The van der Waals surface area contributed by atoms with Gasteiger partial charge in [-0.05, 0) is 38.3 Å². The van der Waals surface area contributed by atoms with Crippen LogP contribution in [-0.4, -0.2) is 24.0 Å². The van der Waals surface area contributed by atoms with Gasteiger partial charge in [0.25, 0.3) is 0 Å². The number of rotatable bonds is 3. The second-order valence-electron chi connectivity index (χ2n) is 4.99. The van der Waals surface area contributed by atoms with Crippen molar-refractivity contribution in [1.82, 2.24) is 4.90 Å². The Bertz CT molecular complexity index is 321. The Morgan fingerprint density at radius 1 is 1.25 bits per heavy atom. The molecule has 1 aliphatic rings. The quantitative estimate of drug-likeness (QED) is 0.844. The van der Waals surface area contributed by atoms with Gasteiger partial charge in [-0.2, -0.15) is 0 Å². The normalized spacial score (nSPS) is 25.6. The molecule has 3 atom stereocenters. The Morgan fingerprint density at radius 2 is 1.94 bits per heavy atom. The molecule has 0 saturated carbocycles. The van der Waals surface area contributed by atoms with E-state index in [-0.39, 0.29) is 0 Å². The molecule has 1 aromatic rings. The van der Waals surface area contributed by atoms with Gasteiger partial charge >= 0.3 is 0 Å². The maximum Gasteiger partial charge on any atom is 0.0320 e. The summed E-state index contributed by atoms with van der Waals surface area (Å²) >= 11 is 0. The summed E-state index contributed by atoms with van der Waals surface area (Å²) in [6.45, 7) is 6.75. The molecular formula is C14H22N2. The summed E-state index contributed by atoms with van der Waals surface area (Å²) in [5.41, 5.74) is 7.38. The molecule has 0 aromatic heterocycles. The van der Waals surface area contributed by atoms with E-state index in [1.165, 1.54) is 18.5 Å². The van der Waals surface area contributed by atoms with E-state index in [9.17, 15) is 0 Å². The van der Waals surface area contributed by atoms with Gasteiger partial charge in [-0.25, -0.2) is 0 Å². The van der Waals surface area contributed by atoms with Crippen LogP contribution in [0.5, 0.6) is 0 Å². The Hall–Kier alpha value is -0.860. The minimum Gasteiger partial charge on any atom is -0.328 e. The highest BCUT2D eigenvalue weighted by molar-refractivity contribution is 5.18. The summed E-state index contributed by atoms with van der Waals surface area (Å²) in [5.74, 6) is 0.672. The lowest BCUT2D eigenvalue weighted by molar-refractivity contribution is 0.248. The third-order valence-corrected chi connectivity index (χ3v) is 3.83. The van der Waals surface area contributed by atoms with Crippen molar-refractivity contribution in [3.8, 4) is 0 Å². The van der Waals surface area contributed by atoms with Gasteiger partial charge in [-0.1, -0.05) is 30.3 Å². The first-order valence-electron chi connectivity index (χ1n) is 6.23. The van der Waals surface area contributed by atoms with Crippen LogP contribution in [0.25, 0.3) is 0 Å². The molecule has 2 nitrogen and oxygen atoms in total. The number of nitrogens with zero attached hydrogens (tertiary/aromatic N) is 1. The van der Waals surface area contributed by atoms with Crippen molar-refractivity contribution in [2.24, 2.45) is 11.7 Å². The van der Waals surface area contributed by atoms with E-state index in [2.05, 4.69) is 49.1 Å². The molecule has 2 rings (SSSR count). The lowest BCUT2D eigenvalue weighted by atomic mass is 10.0. The summed E-state index contributed by atoms with van der Waals surface area (Å²) in [4.78, 5) is 2.54. The van der Waals surface area contributed by atoms with Gasteiger partial charge in [0.1, 0.15) is 0 Å². The first kappa shape index (κ1) is 11.6. The second-order valence-corrected chi connectivity index (χ2v) is 4.99. The van der Waals surface area contributed by atoms with Crippen molar-refractivity contribution in [3.05, 3.63) is 35.9 Å². The Kier molecular flexibility index (Phi) is 3.62. The van der Waals surface area contributed by atoms with Crippen molar-refractivity contribution >= 4 is 0 Å². The number of hydrogen-bond donors (Lipinski definition) is 1. The lowest BCUT2D eigenvalue weighted by Gasteiger charge is -2.25. The van der Waals surface area contributed by atoms with Crippen LogP contribution in [0, 0.1) is 5.92 Å². The van der Waals surface area contributed by atoms with Gasteiger partial charge in [0.15, 0.2) is 0 Å².